The van der Waals surface area contributed by atoms with Crippen molar-refractivity contribution in [3.8, 4) is 0 Å². The Labute approximate surface area is 150 Å². The quantitative estimate of drug-likeness (QED) is 0.855. The molecule has 2 saturated heterocycles. The molecule has 1 aromatic carbocycles. The Hall–Kier alpha value is -1.85. The molecule has 2 heterocycles. The summed E-state index contributed by atoms with van der Waals surface area (Å²) >= 11 is 0. The molecule has 1 unspecified atom stereocenters. The summed E-state index contributed by atoms with van der Waals surface area (Å²) in [5.41, 5.74) is 3.24. The van der Waals surface area contributed by atoms with Crippen LogP contribution in [0.25, 0.3) is 0 Å². The van der Waals surface area contributed by atoms with Gasteiger partial charge in [-0.05, 0) is 23.5 Å². The van der Waals surface area contributed by atoms with Gasteiger partial charge in [-0.15, -0.1) is 6.58 Å². The van der Waals surface area contributed by atoms with Crippen molar-refractivity contribution in [3.05, 3.63) is 42.0 Å². The second kappa shape index (κ2) is 8.02. The van der Waals surface area contributed by atoms with Crippen LogP contribution >= 0.6 is 0 Å². The summed E-state index contributed by atoms with van der Waals surface area (Å²) in [6, 6.07) is 6.53. The normalized spacial score (nSPS) is 21.1. The van der Waals surface area contributed by atoms with Crippen molar-refractivity contribution in [2.24, 2.45) is 0 Å². The molecular formula is C20H29N3O2. The number of allylic oxidation sites excluding steroid dienone is 1. The highest BCUT2D eigenvalue weighted by Crippen LogP contribution is 2.29. The molecule has 2 aliphatic rings. The monoisotopic (exact) mass is 343 g/mol. The number of nitrogens with zero attached hydrogens (tertiary/aromatic N) is 2. The molecule has 1 atom stereocenters. The molecule has 136 valence electrons. The average molecular weight is 343 g/mol. The first kappa shape index (κ1) is 18.0. The lowest BCUT2D eigenvalue weighted by Gasteiger charge is -2.43. The van der Waals surface area contributed by atoms with Gasteiger partial charge in [-0.25, -0.2) is 4.79 Å². The highest BCUT2D eigenvalue weighted by atomic mass is 16.5. The predicted molar refractivity (Wildman–Crippen MR) is 101 cm³/mol. The number of hydrogen-bond donors (Lipinski definition) is 1. The van der Waals surface area contributed by atoms with Crippen LogP contribution in [0.1, 0.15) is 30.9 Å². The number of para-hydroxylation sites is 1. The van der Waals surface area contributed by atoms with Gasteiger partial charge < -0.3 is 15.0 Å². The van der Waals surface area contributed by atoms with Crippen molar-refractivity contribution in [1.82, 2.24) is 9.80 Å². The molecule has 25 heavy (non-hydrogen) atoms. The Kier molecular flexibility index (Phi) is 5.76. The van der Waals surface area contributed by atoms with Gasteiger partial charge in [0.25, 0.3) is 0 Å². The molecule has 0 bridgehead atoms. The van der Waals surface area contributed by atoms with Crippen LogP contribution in [-0.4, -0.2) is 61.3 Å². The molecule has 5 heteroatoms. The summed E-state index contributed by atoms with van der Waals surface area (Å²) in [5.74, 6) is 0.351. The van der Waals surface area contributed by atoms with Gasteiger partial charge in [-0.3, -0.25) is 4.90 Å². The first-order chi connectivity index (χ1) is 12.1. The number of anilines is 1. The number of piperazine rings is 1. The van der Waals surface area contributed by atoms with Crippen molar-refractivity contribution in [3.63, 3.8) is 0 Å². The number of morpholine rings is 1. The largest absolute Gasteiger partial charge is 0.378 e. The fourth-order valence-corrected chi connectivity index (χ4v) is 3.70. The minimum Gasteiger partial charge on any atom is -0.378 e. The van der Waals surface area contributed by atoms with Crippen LogP contribution in [0, 0.1) is 0 Å². The first-order valence-corrected chi connectivity index (χ1v) is 9.20. The Bertz CT molecular complexity index is 629. The number of carbonyl (C=O) groups is 1. The van der Waals surface area contributed by atoms with E-state index in [-0.39, 0.29) is 6.03 Å². The smallest absolute Gasteiger partial charge is 0.321 e. The molecule has 0 aliphatic carbocycles. The predicted octanol–water partition coefficient (Wildman–Crippen LogP) is 3.09. The maximum atomic E-state index is 12.9. The standard InChI is InChI=1S/C20H29N3O2/c1-4-6-16-7-5-8-18(15(2)3)19(16)21-20(24)23-10-9-22-11-12-25-14-17(22)13-23/h4-5,7-8,15,17H,1,6,9-14H2,2-3H3,(H,21,24). The summed E-state index contributed by atoms with van der Waals surface area (Å²) in [4.78, 5) is 17.3. The maximum Gasteiger partial charge on any atom is 0.321 e. The molecule has 0 spiro atoms. The van der Waals surface area contributed by atoms with Crippen LogP contribution in [0.4, 0.5) is 10.5 Å². The van der Waals surface area contributed by atoms with E-state index < -0.39 is 0 Å². The van der Waals surface area contributed by atoms with Gasteiger partial charge in [-0.2, -0.15) is 0 Å². The number of hydrogen-bond acceptors (Lipinski definition) is 3. The van der Waals surface area contributed by atoms with Crippen LogP contribution in [0.3, 0.4) is 0 Å². The molecule has 0 saturated carbocycles. The van der Waals surface area contributed by atoms with E-state index in [9.17, 15) is 4.79 Å². The second-order valence-corrected chi connectivity index (χ2v) is 7.17. The van der Waals surface area contributed by atoms with E-state index in [1.165, 1.54) is 5.56 Å². The van der Waals surface area contributed by atoms with E-state index in [1.54, 1.807) is 0 Å². The van der Waals surface area contributed by atoms with E-state index in [0.717, 1.165) is 50.5 Å². The van der Waals surface area contributed by atoms with Crippen LogP contribution in [-0.2, 0) is 11.2 Å². The number of carbonyl (C=O) groups excluding carboxylic acids is 1. The number of rotatable bonds is 4. The Morgan fingerprint density at radius 1 is 1.40 bits per heavy atom. The zero-order valence-electron chi connectivity index (χ0n) is 15.3. The van der Waals surface area contributed by atoms with Gasteiger partial charge >= 0.3 is 6.03 Å². The van der Waals surface area contributed by atoms with Crippen LogP contribution in [0.15, 0.2) is 30.9 Å². The number of fused-ring (bicyclic) bond motifs is 1. The second-order valence-electron chi connectivity index (χ2n) is 7.17. The number of ether oxygens (including phenoxy) is 1. The zero-order valence-corrected chi connectivity index (χ0v) is 15.3. The van der Waals surface area contributed by atoms with Gasteiger partial charge in [0.05, 0.1) is 19.3 Å². The molecule has 1 N–H and O–H groups in total. The maximum absolute atomic E-state index is 12.9. The van der Waals surface area contributed by atoms with Crippen LogP contribution < -0.4 is 5.32 Å². The molecule has 1 aromatic rings. The molecule has 2 fully saturated rings. The van der Waals surface area contributed by atoms with E-state index in [0.29, 0.717) is 18.6 Å². The Balaban J connectivity index is 1.75. The van der Waals surface area contributed by atoms with Crippen molar-refractivity contribution in [2.75, 3.05) is 44.7 Å². The molecule has 0 aromatic heterocycles. The molecule has 2 aliphatic heterocycles. The van der Waals surface area contributed by atoms with Crippen LogP contribution in [0.2, 0.25) is 0 Å². The number of urea groups is 1. The van der Waals surface area contributed by atoms with Crippen molar-refractivity contribution in [1.29, 1.82) is 0 Å². The van der Waals surface area contributed by atoms with Crippen molar-refractivity contribution in [2.45, 2.75) is 32.2 Å². The first-order valence-electron chi connectivity index (χ1n) is 9.20. The van der Waals surface area contributed by atoms with Gasteiger partial charge in [0.15, 0.2) is 0 Å². The Morgan fingerprint density at radius 2 is 2.24 bits per heavy atom. The van der Waals surface area contributed by atoms with Crippen molar-refractivity contribution >= 4 is 11.7 Å². The molecule has 3 rings (SSSR count). The highest BCUT2D eigenvalue weighted by Gasteiger charge is 2.32. The Morgan fingerprint density at radius 3 is 3.00 bits per heavy atom. The van der Waals surface area contributed by atoms with Crippen LogP contribution in [0.5, 0.6) is 0 Å². The van der Waals surface area contributed by atoms with E-state index in [1.807, 2.05) is 11.0 Å². The van der Waals surface area contributed by atoms with Gasteiger partial charge in [0.1, 0.15) is 0 Å². The summed E-state index contributed by atoms with van der Waals surface area (Å²) < 4.78 is 5.58. The SMILES string of the molecule is C=CCc1cccc(C(C)C)c1NC(=O)N1CCN2CCOCC2C1. The summed E-state index contributed by atoms with van der Waals surface area (Å²) in [5, 5.41) is 3.19. The fraction of sp³-hybridized carbons (Fsp3) is 0.550. The lowest BCUT2D eigenvalue weighted by Crippen LogP contribution is -2.59. The third kappa shape index (κ3) is 4.05. The lowest BCUT2D eigenvalue weighted by molar-refractivity contribution is -0.0355. The third-order valence-electron chi connectivity index (χ3n) is 5.13. The minimum absolute atomic E-state index is 0.0105. The summed E-state index contributed by atoms with van der Waals surface area (Å²) in [6.07, 6.45) is 2.63. The minimum atomic E-state index is -0.0105. The lowest BCUT2D eigenvalue weighted by atomic mass is 9.96. The van der Waals surface area contributed by atoms with E-state index in [4.69, 9.17) is 4.74 Å². The molecule has 5 nitrogen and oxygen atoms in total. The van der Waals surface area contributed by atoms with Crippen molar-refractivity contribution < 1.29 is 9.53 Å². The average Bonchev–Trinajstić information content (AvgIpc) is 2.62. The summed E-state index contributed by atoms with van der Waals surface area (Å²) in [7, 11) is 0. The zero-order chi connectivity index (χ0) is 17.8. The molecular weight excluding hydrogens is 314 g/mol. The fourth-order valence-electron chi connectivity index (χ4n) is 3.70. The van der Waals surface area contributed by atoms with E-state index in [2.05, 4.69) is 48.8 Å². The molecule has 0 radical (unpaired) electrons. The van der Waals surface area contributed by atoms with E-state index >= 15 is 0 Å². The summed E-state index contributed by atoms with van der Waals surface area (Å²) in [6.45, 7) is 13.1. The third-order valence-corrected chi connectivity index (χ3v) is 5.13. The number of amides is 2. The number of benzene rings is 1. The van der Waals surface area contributed by atoms with Gasteiger partial charge in [-0.1, -0.05) is 38.1 Å². The van der Waals surface area contributed by atoms with Gasteiger partial charge in [0.2, 0.25) is 0 Å². The number of nitrogens with one attached hydrogen (secondary N) is 1. The van der Waals surface area contributed by atoms with Gasteiger partial charge in [0, 0.05) is 31.9 Å². The molecule has 2 amide bonds. The topological polar surface area (TPSA) is 44.8 Å². The highest BCUT2D eigenvalue weighted by molar-refractivity contribution is 5.91.